The van der Waals surface area contributed by atoms with Crippen molar-refractivity contribution < 1.29 is 0 Å². The standard InChI is InChI=1S/C14H21N/c1-3-14(15-2)13-9-7-12(8-10-13)11-5-4-6-11/h7-11,14-15H,3-6H2,1-2H3. The highest BCUT2D eigenvalue weighted by Crippen LogP contribution is 2.36. The lowest BCUT2D eigenvalue weighted by molar-refractivity contribution is 0.419. The van der Waals surface area contributed by atoms with Crippen LogP contribution in [0.3, 0.4) is 0 Å². The van der Waals surface area contributed by atoms with Crippen LogP contribution in [0.1, 0.15) is 55.7 Å². The van der Waals surface area contributed by atoms with Crippen molar-refractivity contribution in [1.29, 1.82) is 0 Å². The highest BCUT2D eigenvalue weighted by Gasteiger charge is 2.19. The fourth-order valence-corrected chi connectivity index (χ4v) is 2.35. The maximum Gasteiger partial charge on any atom is 0.0314 e. The summed E-state index contributed by atoms with van der Waals surface area (Å²) in [5.74, 6) is 0.855. The molecule has 1 N–H and O–H groups in total. The van der Waals surface area contributed by atoms with Gasteiger partial charge < -0.3 is 5.32 Å². The average Bonchev–Trinajstić information content (AvgIpc) is 2.20. The summed E-state index contributed by atoms with van der Waals surface area (Å²) in [5.41, 5.74) is 2.96. The molecule has 1 unspecified atom stereocenters. The number of benzene rings is 1. The lowest BCUT2D eigenvalue weighted by Crippen LogP contribution is -2.15. The third-order valence-electron chi connectivity index (χ3n) is 3.67. The molecule has 1 aliphatic carbocycles. The number of nitrogens with one attached hydrogen (secondary N) is 1. The summed E-state index contributed by atoms with van der Waals surface area (Å²) < 4.78 is 0. The van der Waals surface area contributed by atoms with E-state index in [-0.39, 0.29) is 0 Å². The van der Waals surface area contributed by atoms with E-state index >= 15 is 0 Å². The molecule has 1 aromatic rings. The maximum atomic E-state index is 3.34. The van der Waals surface area contributed by atoms with E-state index < -0.39 is 0 Å². The number of rotatable bonds is 4. The van der Waals surface area contributed by atoms with Crippen molar-refractivity contribution in [1.82, 2.24) is 5.32 Å². The molecular weight excluding hydrogens is 182 g/mol. The van der Waals surface area contributed by atoms with Gasteiger partial charge in [0.05, 0.1) is 0 Å². The van der Waals surface area contributed by atoms with E-state index in [0.29, 0.717) is 6.04 Å². The van der Waals surface area contributed by atoms with E-state index in [0.717, 1.165) is 12.3 Å². The fraction of sp³-hybridized carbons (Fsp3) is 0.571. The Morgan fingerprint density at radius 2 is 1.93 bits per heavy atom. The van der Waals surface area contributed by atoms with Gasteiger partial charge in [-0.25, -0.2) is 0 Å². The minimum absolute atomic E-state index is 0.514. The first-order chi connectivity index (χ1) is 7.35. The Hall–Kier alpha value is -0.820. The van der Waals surface area contributed by atoms with Crippen LogP contribution in [0.2, 0.25) is 0 Å². The summed E-state index contributed by atoms with van der Waals surface area (Å²) in [7, 11) is 2.04. The van der Waals surface area contributed by atoms with Crippen LogP contribution < -0.4 is 5.32 Å². The molecule has 15 heavy (non-hydrogen) atoms. The predicted molar refractivity (Wildman–Crippen MR) is 65.1 cm³/mol. The van der Waals surface area contributed by atoms with E-state index in [1.54, 1.807) is 0 Å². The van der Waals surface area contributed by atoms with Gasteiger partial charge in [0.1, 0.15) is 0 Å². The molecule has 2 rings (SSSR count). The summed E-state index contributed by atoms with van der Waals surface area (Å²) >= 11 is 0. The third kappa shape index (κ3) is 2.23. The van der Waals surface area contributed by atoms with Crippen molar-refractivity contribution in [3.05, 3.63) is 35.4 Å². The molecule has 0 radical (unpaired) electrons. The van der Waals surface area contributed by atoms with Gasteiger partial charge in [0.2, 0.25) is 0 Å². The molecule has 1 aliphatic rings. The maximum absolute atomic E-state index is 3.34. The monoisotopic (exact) mass is 203 g/mol. The Kier molecular flexibility index (Phi) is 3.42. The molecule has 1 nitrogen and oxygen atoms in total. The second-order valence-electron chi connectivity index (χ2n) is 4.54. The molecule has 0 aromatic heterocycles. The van der Waals surface area contributed by atoms with Crippen LogP contribution in [0, 0.1) is 0 Å². The zero-order chi connectivity index (χ0) is 10.7. The van der Waals surface area contributed by atoms with Gasteiger partial charge in [-0.2, -0.15) is 0 Å². The van der Waals surface area contributed by atoms with Gasteiger partial charge in [-0.15, -0.1) is 0 Å². The van der Waals surface area contributed by atoms with E-state index in [1.807, 2.05) is 7.05 Å². The lowest BCUT2D eigenvalue weighted by atomic mass is 9.80. The van der Waals surface area contributed by atoms with E-state index in [1.165, 1.54) is 30.4 Å². The third-order valence-corrected chi connectivity index (χ3v) is 3.67. The molecular formula is C14H21N. The van der Waals surface area contributed by atoms with Gasteiger partial charge in [-0.1, -0.05) is 37.6 Å². The first kappa shape index (κ1) is 10.7. The second-order valence-corrected chi connectivity index (χ2v) is 4.54. The van der Waals surface area contributed by atoms with Crippen molar-refractivity contribution in [2.75, 3.05) is 7.05 Å². The number of hydrogen-bond acceptors (Lipinski definition) is 1. The van der Waals surface area contributed by atoms with Crippen LogP contribution >= 0.6 is 0 Å². The Morgan fingerprint density at radius 3 is 2.33 bits per heavy atom. The molecule has 1 aromatic carbocycles. The summed E-state index contributed by atoms with van der Waals surface area (Å²) in [6.07, 6.45) is 5.35. The first-order valence-electron chi connectivity index (χ1n) is 6.12. The van der Waals surface area contributed by atoms with Gasteiger partial charge in [-0.05, 0) is 43.4 Å². The minimum atomic E-state index is 0.514. The Bertz CT molecular complexity index is 294. The van der Waals surface area contributed by atoms with Crippen molar-refractivity contribution in [2.45, 2.75) is 44.6 Å². The molecule has 0 saturated heterocycles. The van der Waals surface area contributed by atoms with Crippen molar-refractivity contribution >= 4 is 0 Å². The van der Waals surface area contributed by atoms with Crippen molar-refractivity contribution in [3.63, 3.8) is 0 Å². The molecule has 0 aliphatic heterocycles. The quantitative estimate of drug-likeness (QED) is 0.788. The van der Waals surface area contributed by atoms with E-state index in [2.05, 4.69) is 36.5 Å². The smallest absolute Gasteiger partial charge is 0.0314 e. The summed E-state index contributed by atoms with van der Waals surface area (Å²) in [5, 5.41) is 3.34. The molecule has 1 heteroatoms. The second kappa shape index (κ2) is 4.80. The molecule has 0 bridgehead atoms. The summed E-state index contributed by atoms with van der Waals surface area (Å²) in [6.45, 7) is 2.22. The van der Waals surface area contributed by atoms with Crippen LogP contribution in [-0.4, -0.2) is 7.05 Å². The van der Waals surface area contributed by atoms with Crippen LogP contribution in [-0.2, 0) is 0 Å². The van der Waals surface area contributed by atoms with Gasteiger partial charge in [-0.3, -0.25) is 0 Å². The van der Waals surface area contributed by atoms with Crippen LogP contribution in [0.25, 0.3) is 0 Å². The van der Waals surface area contributed by atoms with Gasteiger partial charge in [0, 0.05) is 6.04 Å². The largest absolute Gasteiger partial charge is 0.313 e. The molecule has 0 amide bonds. The van der Waals surface area contributed by atoms with Gasteiger partial charge >= 0.3 is 0 Å². The SMILES string of the molecule is CCC(NC)c1ccc(C2CCC2)cc1. The Balaban J connectivity index is 2.08. The predicted octanol–water partition coefficient (Wildman–Crippen LogP) is 3.62. The normalized spacial score (nSPS) is 18.5. The highest BCUT2D eigenvalue weighted by atomic mass is 14.9. The number of hydrogen-bond donors (Lipinski definition) is 1. The topological polar surface area (TPSA) is 12.0 Å². The first-order valence-corrected chi connectivity index (χ1v) is 6.12. The van der Waals surface area contributed by atoms with E-state index in [4.69, 9.17) is 0 Å². The highest BCUT2D eigenvalue weighted by molar-refractivity contribution is 5.28. The fourth-order valence-electron chi connectivity index (χ4n) is 2.35. The Labute approximate surface area is 92.9 Å². The lowest BCUT2D eigenvalue weighted by Gasteiger charge is -2.26. The van der Waals surface area contributed by atoms with Gasteiger partial charge in [0.15, 0.2) is 0 Å². The average molecular weight is 203 g/mol. The zero-order valence-corrected chi connectivity index (χ0v) is 9.79. The molecule has 1 fully saturated rings. The summed E-state index contributed by atoms with van der Waals surface area (Å²) in [6, 6.07) is 9.73. The summed E-state index contributed by atoms with van der Waals surface area (Å²) in [4.78, 5) is 0. The zero-order valence-electron chi connectivity index (χ0n) is 9.79. The van der Waals surface area contributed by atoms with Crippen LogP contribution in [0.5, 0.6) is 0 Å². The van der Waals surface area contributed by atoms with Crippen molar-refractivity contribution in [3.8, 4) is 0 Å². The molecule has 1 atom stereocenters. The minimum Gasteiger partial charge on any atom is -0.313 e. The molecule has 1 saturated carbocycles. The van der Waals surface area contributed by atoms with E-state index in [9.17, 15) is 0 Å². The van der Waals surface area contributed by atoms with Crippen LogP contribution in [0.15, 0.2) is 24.3 Å². The molecule has 82 valence electrons. The van der Waals surface area contributed by atoms with Gasteiger partial charge in [0.25, 0.3) is 0 Å². The van der Waals surface area contributed by atoms with Crippen LogP contribution in [0.4, 0.5) is 0 Å². The Morgan fingerprint density at radius 1 is 1.27 bits per heavy atom. The molecule has 0 heterocycles. The molecule has 0 spiro atoms. The van der Waals surface area contributed by atoms with Crippen molar-refractivity contribution in [2.24, 2.45) is 0 Å².